The van der Waals surface area contributed by atoms with E-state index >= 15 is 0 Å². The minimum absolute atomic E-state index is 0.114. The summed E-state index contributed by atoms with van der Waals surface area (Å²) < 4.78 is 0. The molecule has 1 aromatic rings. The first-order valence-electron chi connectivity index (χ1n) is 4.88. The fraction of sp³-hybridized carbons (Fsp3) is 0.455. The van der Waals surface area contributed by atoms with E-state index in [1.807, 2.05) is 19.1 Å². The van der Waals surface area contributed by atoms with E-state index in [9.17, 15) is 5.11 Å². The van der Waals surface area contributed by atoms with Gasteiger partial charge in [-0.05, 0) is 26.0 Å². The van der Waals surface area contributed by atoms with Crippen LogP contribution in [0.2, 0.25) is 0 Å². The van der Waals surface area contributed by atoms with E-state index < -0.39 is 0 Å². The van der Waals surface area contributed by atoms with Gasteiger partial charge in [-0.15, -0.1) is 0 Å². The van der Waals surface area contributed by atoms with E-state index in [2.05, 4.69) is 5.32 Å². The molecule has 1 rings (SSSR count). The molecule has 0 fully saturated rings. The normalized spacial score (nSPS) is 12.7. The molecule has 1 aromatic carbocycles. The van der Waals surface area contributed by atoms with Crippen molar-refractivity contribution in [1.82, 2.24) is 5.32 Å². The molecule has 3 heteroatoms. The molecule has 78 valence electrons. The van der Waals surface area contributed by atoms with Gasteiger partial charge in [-0.3, -0.25) is 0 Å². The summed E-state index contributed by atoms with van der Waals surface area (Å²) in [5, 5.41) is 21.4. The van der Waals surface area contributed by atoms with Crippen molar-refractivity contribution in [2.24, 2.45) is 0 Å². The van der Waals surface area contributed by atoms with Crippen molar-refractivity contribution in [3.63, 3.8) is 0 Å². The van der Waals surface area contributed by atoms with Crippen LogP contribution in [0.3, 0.4) is 0 Å². The molecule has 3 N–H and O–H groups in total. The van der Waals surface area contributed by atoms with Crippen LogP contribution < -0.4 is 5.32 Å². The summed E-state index contributed by atoms with van der Waals surface area (Å²) in [5.41, 5.74) is 0.894. The maximum absolute atomic E-state index is 9.55. The van der Waals surface area contributed by atoms with Gasteiger partial charge in [-0.25, -0.2) is 0 Å². The quantitative estimate of drug-likeness (QED) is 0.623. The Morgan fingerprint density at radius 3 is 2.71 bits per heavy atom. The molecule has 0 radical (unpaired) electrons. The van der Waals surface area contributed by atoms with Crippen LogP contribution in [0.5, 0.6) is 5.75 Å². The highest BCUT2D eigenvalue weighted by molar-refractivity contribution is 5.33. The first-order chi connectivity index (χ1) is 6.75. The molecule has 1 atom stereocenters. The molecular weight excluding hydrogens is 178 g/mol. The van der Waals surface area contributed by atoms with Gasteiger partial charge in [0.05, 0.1) is 0 Å². The highest BCUT2D eigenvalue weighted by atomic mass is 16.3. The Morgan fingerprint density at radius 2 is 2.07 bits per heavy atom. The number of hydrogen-bond donors (Lipinski definition) is 3. The number of aromatic hydroxyl groups is 1. The standard InChI is InChI=1S/C11H17NO2/c1-9(12-7-4-8-13)10-5-2-3-6-11(10)14/h2-3,5-6,9,12-14H,4,7-8H2,1H3. The predicted octanol–water partition coefficient (Wildman–Crippen LogP) is 1.43. The summed E-state index contributed by atoms with van der Waals surface area (Å²) in [7, 11) is 0. The Labute approximate surface area is 84.4 Å². The molecular formula is C11H17NO2. The average Bonchev–Trinajstić information content (AvgIpc) is 2.18. The first-order valence-corrected chi connectivity index (χ1v) is 4.88. The topological polar surface area (TPSA) is 52.5 Å². The summed E-state index contributed by atoms with van der Waals surface area (Å²) >= 11 is 0. The smallest absolute Gasteiger partial charge is 0.120 e. The van der Waals surface area contributed by atoms with Crippen molar-refractivity contribution >= 4 is 0 Å². The monoisotopic (exact) mass is 195 g/mol. The van der Waals surface area contributed by atoms with Crippen molar-refractivity contribution in [1.29, 1.82) is 0 Å². The molecule has 0 aromatic heterocycles. The Bertz CT molecular complexity index is 276. The first kappa shape index (κ1) is 11.0. The highest BCUT2D eigenvalue weighted by Gasteiger charge is 2.07. The summed E-state index contributed by atoms with van der Waals surface area (Å²) in [6.45, 7) is 2.94. The molecule has 0 aliphatic carbocycles. The number of aliphatic hydroxyl groups excluding tert-OH is 1. The Kier molecular flexibility index (Phi) is 4.43. The third-order valence-electron chi connectivity index (χ3n) is 2.19. The van der Waals surface area contributed by atoms with Gasteiger partial charge >= 0.3 is 0 Å². The van der Waals surface area contributed by atoms with E-state index in [1.54, 1.807) is 12.1 Å². The fourth-order valence-corrected chi connectivity index (χ4v) is 1.36. The van der Waals surface area contributed by atoms with Crippen LogP contribution >= 0.6 is 0 Å². The average molecular weight is 195 g/mol. The van der Waals surface area contributed by atoms with E-state index in [4.69, 9.17) is 5.11 Å². The van der Waals surface area contributed by atoms with Crippen molar-refractivity contribution in [2.75, 3.05) is 13.2 Å². The molecule has 0 aliphatic rings. The van der Waals surface area contributed by atoms with Gasteiger partial charge in [0, 0.05) is 18.2 Å². The molecule has 3 nitrogen and oxygen atoms in total. The summed E-state index contributed by atoms with van der Waals surface area (Å²) in [6.07, 6.45) is 0.734. The zero-order valence-electron chi connectivity index (χ0n) is 8.40. The minimum Gasteiger partial charge on any atom is -0.508 e. The zero-order valence-corrected chi connectivity index (χ0v) is 8.40. The molecule has 0 aliphatic heterocycles. The van der Waals surface area contributed by atoms with Gasteiger partial charge in [-0.2, -0.15) is 0 Å². The summed E-state index contributed by atoms with van der Waals surface area (Å²) in [4.78, 5) is 0. The van der Waals surface area contributed by atoms with E-state index in [0.29, 0.717) is 5.75 Å². The second kappa shape index (κ2) is 5.62. The number of para-hydroxylation sites is 1. The van der Waals surface area contributed by atoms with Crippen LogP contribution in [-0.2, 0) is 0 Å². The predicted molar refractivity (Wildman–Crippen MR) is 56.2 cm³/mol. The lowest BCUT2D eigenvalue weighted by Crippen LogP contribution is -2.20. The molecule has 0 saturated carbocycles. The molecule has 0 bridgehead atoms. The van der Waals surface area contributed by atoms with Gasteiger partial charge in [0.1, 0.15) is 5.75 Å². The van der Waals surface area contributed by atoms with Crippen molar-refractivity contribution in [3.05, 3.63) is 29.8 Å². The van der Waals surface area contributed by atoms with Gasteiger partial charge in [0.2, 0.25) is 0 Å². The van der Waals surface area contributed by atoms with E-state index in [1.165, 1.54) is 0 Å². The van der Waals surface area contributed by atoms with Crippen LogP contribution in [0.25, 0.3) is 0 Å². The fourth-order valence-electron chi connectivity index (χ4n) is 1.36. The number of aliphatic hydroxyl groups is 1. The third-order valence-corrected chi connectivity index (χ3v) is 2.19. The number of hydrogen-bond acceptors (Lipinski definition) is 3. The van der Waals surface area contributed by atoms with Gasteiger partial charge in [0.15, 0.2) is 0 Å². The SMILES string of the molecule is CC(NCCCO)c1ccccc1O. The van der Waals surface area contributed by atoms with Crippen molar-refractivity contribution < 1.29 is 10.2 Å². The van der Waals surface area contributed by atoms with Crippen LogP contribution in [-0.4, -0.2) is 23.4 Å². The molecule has 14 heavy (non-hydrogen) atoms. The number of rotatable bonds is 5. The Morgan fingerprint density at radius 1 is 1.36 bits per heavy atom. The zero-order chi connectivity index (χ0) is 10.4. The third kappa shape index (κ3) is 3.01. The van der Waals surface area contributed by atoms with Crippen LogP contribution in [0.15, 0.2) is 24.3 Å². The molecule has 0 spiro atoms. The van der Waals surface area contributed by atoms with Crippen LogP contribution in [0.1, 0.15) is 24.9 Å². The highest BCUT2D eigenvalue weighted by Crippen LogP contribution is 2.22. The van der Waals surface area contributed by atoms with Gasteiger partial charge in [-0.1, -0.05) is 18.2 Å². The number of nitrogens with one attached hydrogen (secondary N) is 1. The number of phenolic OH excluding ortho intramolecular Hbond substituents is 1. The second-order valence-electron chi connectivity index (χ2n) is 3.31. The largest absolute Gasteiger partial charge is 0.508 e. The number of benzene rings is 1. The Hall–Kier alpha value is -1.06. The molecule has 0 amide bonds. The van der Waals surface area contributed by atoms with Crippen LogP contribution in [0, 0.1) is 0 Å². The minimum atomic E-state index is 0.114. The molecule has 1 unspecified atom stereocenters. The van der Waals surface area contributed by atoms with E-state index in [0.717, 1.165) is 18.5 Å². The van der Waals surface area contributed by atoms with Gasteiger partial charge in [0.25, 0.3) is 0 Å². The van der Waals surface area contributed by atoms with E-state index in [-0.39, 0.29) is 12.6 Å². The number of phenols is 1. The maximum atomic E-state index is 9.55. The van der Waals surface area contributed by atoms with Crippen LogP contribution in [0.4, 0.5) is 0 Å². The molecule has 0 saturated heterocycles. The van der Waals surface area contributed by atoms with Gasteiger partial charge < -0.3 is 15.5 Å². The lowest BCUT2D eigenvalue weighted by atomic mass is 10.1. The lowest BCUT2D eigenvalue weighted by Gasteiger charge is -2.14. The van der Waals surface area contributed by atoms with Crippen molar-refractivity contribution in [3.8, 4) is 5.75 Å². The molecule has 0 heterocycles. The summed E-state index contributed by atoms with van der Waals surface area (Å²) in [6, 6.07) is 7.40. The summed E-state index contributed by atoms with van der Waals surface area (Å²) in [5.74, 6) is 0.316. The second-order valence-corrected chi connectivity index (χ2v) is 3.31. The van der Waals surface area contributed by atoms with Crippen molar-refractivity contribution in [2.45, 2.75) is 19.4 Å². The maximum Gasteiger partial charge on any atom is 0.120 e. The lowest BCUT2D eigenvalue weighted by molar-refractivity contribution is 0.283. The Balaban J connectivity index is 2.51.